The average Bonchev–Trinajstić information content (AvgIpc) is 2.28. The van der Waals surface area contributed by atoms with Crippen molar-refractivity contribution in [2.24, 2.45) is 0 Å². The van der Waals surface area contributed by atoms with E-state index in [1.807, 2.05) is 5.32 Å². The van der Waals surface area contributed by atoms with Gasteiger partial charge in [-0.05, 0) is 6.42 Å². The Morgan fingerprint density at radius 2 is 1.78 bits per heavy atom. The fourth-order valence-corrected chi connectivity index (χ4v) is 2.01. The number of amides is 6. The van der Waals surface area contributed by atoms with E-state index in [9.17, 15) is 24.0 Å². The lowest BCUT2D eigenvalue weighted by atomic mass is 10.0. The van der Waals surface area contributed by atoms with Crippen molar-refractivity contribution in [3.63, 3.8) is 0 Å². The van der Waals surface area contributed by atoms with Crippen molar-refractivity contribution in [1.82, 2.24) is 15.1 Å². The van der Waals surface area contributed by atoms with Gasteiger partial charge >= 0.3 is 6.03 Å². The lowest BCUT2D eigenvalue weighted by molar-refractivity contribution is -0.155. The Morgan fingerprint density at radius 3 is 2.39 bits per heavy atom. The zero-order chi connectivity index (χ0) is 13.4. The van der Waals surface area contributed by atoms with Crippen LogP contribution in [0, 0.1) is 0 Å². The van der Waals surface area contributed by atoms with Crippen molar-refractivity contribution >= 4 is 29.7 Å². The molecule has 2 fully saturated rings. The van der Waals surface area contributed by atoms with Crippen LogP contribution in [0.3, 0.4) is 0 Å². The number of barbiturate groups is 1. The van der Waals surface area contributed by atoms with E-state index in [2.05, 4.69) is 0 Å². The fraction of sp³-hybridized carbons (Fsp3) is 0.500. The molecule has 0 saturated carbocycles. The maximum absolute atomic E-state index is 11.9. The molecule has 0 spiro atoms. The molecule has 0 aromatic heterocycles. The SMILES string of the molecule is CN1C(=O)CCC(N2C(=O)CC(=O)NC2=O)C1=O. The van der Waals surface area contributed by atoms with Crippen LogP contribution in [0.5, 0.6) is 0 Å². The molecule has 1 unspecified atom stereocenters. The second-order valence-electron chi connectivity index (χ2n) is 4.14. The van der Waals surface area contributed by atoms with Gasteiger partial charge < -0.3 is 0 Å². The van der Waals surface area contributed by atoms with Gasteiger partial charge in [0.25, 0.3) is 5.91 Å². The summed E-state index contributed by atoms with van der Waals surface area (Å²) in [5, 5.41) is 1.98. The predicted molar refractivity (Wildman–Crippen MR) is 55.8 cm³/mol. The summed E-state index contributed by atoms with van der Waals surface area (Å²) in [4.78, 5) is 59.0. The minimum absolute atomic E-state index is 0.0813. The third-order valence-corrected chi connectivity index (χ3v) is 2.98. The van der Waals surface area contributed by atoms with E-state index in [0.717, 1.165) is 9.80 Å². The van der Waals surface area contributed by atoms with E-state index in [-0.39, 0.29) is 18.7 Å². The van der Waals surface area contributed by atoms with Crippen LogP contribution < -0.4 is 5.32 Å². The maximum atomic E-state index is 11.9. The van der Waals surface area contributed by atoms with Crippen molar-refractivity contribution in [3.8, 4) is 0 Å². The molecule has 2 saturated heterocycles. The number of carbonyl (C=O) groups is 5. The van der Waals surface area contributed by atoms with Gasteiger partial charge in [0.1, 0.15) is 12.5 Å². The lowest BCUT2D eigenvalue weighted by Gasteiger charge is -2.36. The first-order valence-corrected chi connectivity index (χ1v) is 5.38. The molecule has 8 nitrogen and oxygen atoms in total. The molecule has 1 atom stereocenters. The minimum Gasteiger partial charge on any atom is -0.284 e. The van der Waals surface area contributed by atoms with Gasteiger partial charge in [0.2, 0.25) is 17.7 Å². The smallest absolute Gasteiger partial charge is 0.284 e. The van der Waals surface area contributed by atoms with E-state index >= 15 is 0 Å². The number of hydrogen-bond acceptors (Lipinski definition) is 5. The number of urea groups is 1. The van der Waals surface area contributed by atoms with Crippen LogP contribution >= 0.6 is 0 Å². The van der Waals surface area contributed by atoms with Crippen molar-refractivity contribution < 1.29 is 24.0 Å². The number of imide groups is 3. The van der Waals surface area contributed by atoms with Crippen LogP contribution in [-0.2, 0) is 19.2 Å². The molecular formula is C10H11N3O5. The Kier molecular flexibility index (Phi) is 2.85. The number of likely N-dealkylation sites (N-methyl/N-ethyl adjacent to an activating group) is 1. The normalized spacial score (nSPS) is 25.6. The van der Waals surface area contributed by atoms with Crippen LogP contribution in [-0.4, -0.2) is 52.5 Å². The number of hydrogen-bond donors (Lipinski definition) is 1. The summed E-state index contributed by atoms with van der Waals surface area (Å²) in [6.45, 7) is 0. The van der Waals surface area contributed by atoms with Crippen LogP contribution in [0.25, 0.3) is 0 Å². The van der Waals surface area contributed by atoms with E-state index in [1.54, 1.807) is 0 Å². The lowest BCUT2D eigenvalue weighted by Crippen LogP contribution is -2.62. The predicted octanol–water partition coefficient (Wildman–Crippen LogP) is -1.40. The van der Waals surface area contributed by atoms with Crippen LogP contribution in [0.2, 0.25) is 0 Å². The molecule has 6 amide bonds. The molecule has 2 aliphatic rings. The largest absolute Gasteiger partial charge is 0.331 e. The summed E-state index contributed by atoms with van der Waals surface area (Å²) in [6.07, 6.45) is -0.291. The minimum atomic E-state index is -1.01. The van der Waals surface area contributed by atoms with Gasteiger partial charge in [-0.15, -0.1) is 0 Å². The van der Waals surface area contributed by atoms with Gasteiger partial charge in [-0.2, -0.15) is 0 Å². The number of piperidine rings is 1. The van der Waals surface area contributed by atoms with Crippen LogP contribution in [0.4, 0.5) is 4.79 Å². The summed E-state index contributed by atoms with van der Waals surface area (Å²) < 4.78 is 0. The van der Waals surface area contributed by atoms with E-state index in [1.165, 1.54) is 7.05 Å². The number of rotatable bonds is 1. The van der Waals surface area contributed by atoms with Gasteiger partial charge in [0, 0.05) is 13.5 Å². The first-order chi connectivity index (χ1) is 8.41. The highest BCUT2D eigenvalue weighted by Gasteiger charge is 2.43. The fourth-order valence-electron chi connectivity index (χ4n) is 2.01. The average molecular weight is 253 g/mol. The van der Waals surface area contributed by atoms with Gasteiger partial charge in [-0.3, -0.25) is 34.3 Å². The molecule has 0 bridgehead atoms. The molecule has 0 aromatic rings. The molecule has 96 valence electrons. The summed E-state index contributed by atoms with van der Waals surface area (Å²) >= 11 is 0. The molecule has 8 heteroatoms. The molecule has 2 heterocycles. The monoisotopic (exact) mass is 253 g/mol. The van der Waals surface area contributed by atoms with E-state index < -0.39 is 36.2 Å². The molecule has 0 aliphatic carbocycles. The summed E-state index contributed by atoms with van der Waals surface area (Å²) in [5.74, 6) is -2.36. The molecule has 2 rings (SSSR count). The summed E-state index contributed by atoms with van der Waals surface area (Å²) in [6, 6.07) is -1.91. The molecule has 2 aliphatic heterocycles. The quantitative estimate of drug-likeness (QED) is 0.457. The van der Waals surface area contributed by atoms with Crippen molar-refractivity contribution in [1.29, 1.82) is 0 Å². The Bertz CT molecular complexity index is 452. The number of carbonyl (C=O) groups excluding carboxylic acids is 5. The number of nitrogens with one attached hydrogen (secondary N) is 1. The highest BCUT2D eigenvalue weighted by molar-refractivity contribution is 6.16. The second-order valence-corrected chi connectivity index (χ2v) is 4.14. The Balaban J connectivity index is 2.23. The topological polar surface area (TPSA) is 104 Å². The molecule has 0 aromatic carbocycles. The van der Waals surface area contributed by atoms with Gasteiger partial charge in [0.15, 0.2) is 0 Å². The number of nitrogens with zero attached hydrogens (tertiary/aromatic N) is 2. The summed E-state index contributed by atoms with van der Waals surface area (Å²) in [5.41, 5.74) is 0. The van der Waals surface area contributed by atoms with Crippen molar-refractivity contribution in [2.45, 2.75) is 25.3 Å². The third-order valence-electron chi connectivity index (χ3n) is 2.98. The third kappa shape index (κ3) is 1.85. The molecule has 18 heavy (non-hydrogen) atoms. The Hall–Kier alpha value is -2.25. The molecule has 1 N–H and O–H groups in total. The van der Waals surface area contributed by atoms with Gasteiger partial charge in [0.05, 0.1) is 0 Å². The first kappa shape index (κ1) is 12.2. The van der Waals surface area contributed by atoms with Crippen LogP contribution in [0.1, 0.15) is 19.3 Å². The maximum Gasteiger partial charge on any atom is 0.331 e. The number of likely N-dealkylation sites (tertiary alicyclic amines) is 1. The molecular weight excluding hydrogens is 242 g/mol. The standard InChI is InChI=1S/C10H11N3O5/c1-12-7(15)3-2-5(9(12)17)13-8(16)4-6(14)11-10(13)18/h5H,2-4H2,1H3,(H,11,14,18). The first-order valence-electron chi connectivity index (χ1n) is 5.38. The van der Waals surface area contributed by atoms with Gasteiger partial charge in [-0.1, -0.05) is 0 Å². The van der Waals surface area contributed by atoms with Crippen LogP contribution in [0.15, 0.2) is 0 Å². The molecule has 0 radical (unpaired) electrons. The summed E-state index contributed by atoms with van der Waals surface area (Å²) in [7, 11) is 1.30. The zero-order valence-corrected chi connectivity index (χ0v) is 9.63. The second kappa shape index (κ2) is 4.21. The highest BCUT2D eigenvalue weighted by atomic mass is 16.2. The van der Waals surface area contributed by atoms with E-state index in [0.29, 0.717) is 0 Å². The van der Waals surface area contributed by atoms with Crippen molar-refractivity contribution in [3.05, 3.63) is 0 Å². The zero-order valence-electron chi connectivity index (χ0n) is 9.63. The Labute approximate surface area is 102 Å². The van der Waals surface area contributed by atoms with Gasteiger partial charge in [-0.25, -0.2) is 4.79 Å². The van der Waals surface area contributed by atoms with Crippen molar-refractivity contribution in [2.75, 3.05) is 7.05 Å². The highest BCUT2D eigenvalue weighted by Crippen LogP contribution is 2.19. The van der Waals surface area contributed by atoms with E-state index in [4.69, 9.17) is 0 Å². The Morgan fingerprint density at radius 1 is 1.11 bits per heavy atom.